The quantitative estimate of drug-likeness (QED) is 0.301. The van der Waals surface area contributed by atoms with E-state index >= 15 is 0 Å². The maximum absolute atomic E-state index is 5.61. The number of halogens is 3. The van der Waals surface area contributed by atoms with Gasteiger partial charge < -0.3 is 11.1 Å². The van der Waals surface area contributed by atoms with Crippen molar-refractivity contribution in [2.24, 2.45) is 5.73 Å². The van der Waals surface area contributed by atoms with Gasteiger partial charge in [-0.25, -0.2) is 0 Å². The molecule has 0 radical (unpaired) electrons. The van der Waals surface area contributed by atoms with Crippen LogP contribution in [0.5, 0.6) is 0 Å². The van der Waals surface area contributed by atoms with Crippen LogP contribution in [0.4, 0.5) is 0 Å². The van der Waals surface area contributed by atoms with Crippen LogP contribution in [0.2, 0.25) is 0 Å². The van der Waals surface area contributed by atoms with E-state index in [2.05, 4.69) is 5.32 Å². The number of hydrogen-bond donors (Lipinski definition) is 2. The second-order valence-electron chi connectivity index (χ2n) is 1.69. The van der Waals surface area contributed by atoms with Crippen molar-refractivity contribution in [1.82, 2.24) is 9.25 Å². The molecule has 0 spiro atoms. The molecule has 0 bridgehead atoms. The van der Waals surface area contributed by atoms with Gasteiger partial charge in [0.05, 0.1) is 0 Å². The van der Waals surface area contributed by atoms with Crippen LogP contribution in [0, 0.1) is 0 Å². The van der Waals surface area contributed by atoms with Crippen molar-refractivity contribution < 1.29 is 0 Å². The van der Waals surface area contributed by atoms with Gasteiger partial charge in [0.1, 0.15) is 5.50 Å². The van der Waals surface area contributed by atoms with Crippen LogP contribution in [-0.2, 0) is 0 Å². The van der Waals surface area contributed by atoms with E-state index in [1.54, 1.807) is 0 Å². The first kappa shape index (κ1) is 10.8. The third kappa shape index (κ3) is 5.53. The number of nitrogens with one attached hydrogen (secondary N) is 1. The summed E-state index contributed by atoms with van der Waals surface area (Å²) in [6, 6.07) is 0. The second kappa shape index (κ2) is 6.46. The fourth-order valence-corrected chi connectivity index (χ4v) is 0.639. The van der Waals surface area contributed by atoms with Crippen molar-refractivity contribution in [2.75, 3.05) is 19.6 Å². The molecule has 10 heavy (non-hydrogen) atoms. The third-order valence-corrected chi connectivity index (χ3v) is 1.87. The summed E-state index contributed by atoms with van der Waals surface area (Å²) < 4.78 is 0.894. The van der Waals surface area contributed by atoms with Gasteiger partial charge in [0.15, 0.2) is 0 Å². The first-order valence-corrected chi connectivity index (χ1v) is 3.95. The SMILES string of the molecule is NCCNCC(Cl)N(Cl)Cl. The Balaban J connectivity index is 3.13. The first-order chi connectivity index (χ1) is 4.68. The minimum atomic E-state index is -0.408. The van der Waals surface area contributed by atoms with Gasteiger partial charge in [-0.3, -0.25) is 0 Å². The molecule has 0 saturated heterocycles. The van der Waals surface area contributed by atoms with Crippen LogP contribution in [0.25, 0.3) is 0 Å². The zero-order valence-corrected chi connectivity index (χ0v) is 7.62. The molecule has 3 nitrogen and oxygen atoms in total. The third-order valence-electron chi connectivity index (χ3n) is 0.846. The maximum Gasteiger partial charge on any atom is 0.128 e. The predicted molar refractivity (Wildman–Crippen MR) is 45.1 cm³/mol. The second-order valence-corrected chi connectivity index (χ2v) is 3.09. The predicted octanol–water partition coefficient (Wildman–Crippen LogP) is 0.709. The maximum atomic E-state index is 5.61. The molecule has 0 rings (SSSR count). The highest BCUT2D eigenvalue weighted by atomic mass is 35.5. The van der Waals surface area contributed by atoms with Crippen molar-refractivity contribution in [1.29, 1.82) is 0 Å². The van der Waals surface area contributed by atoms with Gasteiger partial charge in [-0.15, -0.1) is 15.5 Å². The fourth-order valence-electron chi connectivity index (χ4n) is 0.392. The Morgan fingerprint density at radius 1 is 1.50 bits per heavy atom. The largest absolute Gasteiger partial charge is 0.329 e. The molecule has 0 aliphatic heterocycles. The summed E-state index contributed by atoms with van der Waals surface area (Å²) in [6.45, 7) is 1.81. The molecular formula is C4H10Cl3N3. The number of rotatable bonds is 5. The van der Waals surface area contributed by atoms with Crippen molar-refractivity contribution in [3.8, 4) is 0 Å². The summed E-state index contributed by atoms with van der Waals surface area (Å²) in [7, 11) is 0. The Labute approximate surface area is 75.6 Å². The molecule has 0 fully saturated rings. The lowest BCUT2D eigenvalue weighted by Crippen LogP contribution is -2.32. The Hall–Kier alpha value is 0.750. The minimum Gasteiger partial charge on any atom is -0.329 e. The summed E-state index contributed by atoms with van der Waals surface area (Å²) >= 11 is 16.2. The molecule has 3 N–H and O–H groups in total. The van der Waals surface area contributed by atoms with Crippen molar-refractivity contribution in [2.45, 2.75) is 5.50 Å². The Morgan fingerprint density at radius 3 is 2.50 bits per heavy atom. The zero-order chi connectivity index (χ0) is 7.98. The Bertz CT molecular complexity index is 80.1. The first-order valence-electron chi connectivity index (χ1n) is 2.84. The lowest BCUT2D eigenvalue weighted by molar-refractivity contribution is 0.565. The van der Waals surface area contributed by atoms with Gasteiger partial charge in [0.25, 0.3) is 0 Å². The minimum absolute atomic E-state index is 0.408. The summed E-state index contributed by atoms with van der Waals surface area (Å²) in [5, 5.41) is 2.95. The number of alkyl halides is 1. The number of nitrogens with two attached hydrogens (primary N) is 1. The molecular weight excluding hydrogens is 196 g/mol. The lowest BCUT2D eigenvalue weighted by Gasteiger charge is -2.11. The summed E-state index contributed by atoms with van der Waals surface area (Å²) in [5.74, 6) is 0. The van der Waals surface area contributed by atoms with Crippen LogP contribution in [0.1, 0.15) is 0 Å². The van der Waals surface area contributed by atoms with Gasteiger partial charge >= 0.3 is 0 Å². The highest BCUT2D eigenvalue weighted by Crippen LogP contribution is 2.09. The van der Waals surface area contributed by atoms with Crippen LogP contribution in [-0.4, -0.2) is 29.1 Å². The average molecular weight is 207 g/mol. The molecule has 0 amide bonds. The van der Waals surface area contributed by atoms with Gasteiger partial charge in [-0.2, -0.15) is 0 Å². The van der Waals surface area contributed by atoms with E-state index in [0.29, 0.717) is 19.6 Å². The Morgan fingerprint density at radius 2 is 2.10 bits per heavy atom. The monoisotopic (exact) mass is 205 g/mol. The van der Waals surface area contributed by atoms with Crippen molar-refractivity contribution in [3.63, 3.8) is 0 Å². The highest BCUT2D eigenvalue weighted by Gasteiger charge is 2.08. The molecule has 0 aromatic rings. The number of hydrogen-bond acceptors (Lipinski definition) is 3. The van der Waals surface area contributed by atoms with E-state index in [9.17, 15) is 0 Å². The molecule has 62 valence electrons. The lowest BCUT2D eigenvalue weighted by atomic mass is 10.6. The summed E-state index contributed by atoms with van der Waals surface area (Å²) in [6.07, 6.45) is 0. The fraction of sp³-hybridized carbons (Fsp3) is 1.00. The van der Waals surface area contributed by atoms with Gasteiger partial charge in [0, 0.05) is 19.6 Å². The van der Waals surface area contributed by atoms with E-state index in [1.807, 2.05) is 0 Å². The van der Waals surface area contributed by atoms with E-state index in [1.165, 1.54) is 0 Å². The number of nitrogens with zero attached hydrogens (tertiary/aromatic N) is 1. The molecule has 0 saturated carbocycles. The molecule has 1 atom stereocenters. The molecule has 0 aliphatic rings. The van der Waals surface area contributed by atoms with Crippen LogP contribution < -0.4 is 11.1 Å². The van der Waals surface area contributed by atoms with Crippen LogP contribution >= 0.6 is 35.2 Å². The van der Waals surface area contributed by atoms with E-state index in [-0.39, 0.29) is 0 Å². The van der Waals surface area contributed by atoms with Crippen molar-refractivity contribution >= 4 is 35.2 Å². The Kier molecular flexibility index (Phi) is 6.94. The van der Waals surface area contributed by atoms with Crippen LogP contribution in [0.3, 0.4) is 0 Å². The molecule has 0 aromatic carbocycles. The topological polar surface area (TPSA) is 41.3 Å². The average Bonchev–Trinajstić information content (AvgIpc) is 1.88. The van der Waals surface area contributed by atoms with Crippen molar-refractivity contribution in [3.05, 3.63) is 0 Å². The summed E-state index contributed by atoms with van der Waals surface area (Å²) in [4.78, 5) is 0. The smallest absolute Gasteiger partial charge is 0.128 e. The molecule has 6 heteroatoms. The molecule has 0 aliphatic carbocycles. The standard InChI is InChI=1S/C4H10Cl3N3/c5-4(10(6)7)3-9-2-1-8/h4,9H,1-3,8H2. The van der Waals surface area contributed by atoms with Gasteiger partial charge in [-0.05, 0) is 23.6 Å². The normalized spacial score (nSPS) is 14.1. The molecule has 0 aromatic heterocycles. The zero-order valence-electron chi connectivity index (χ0n) is 5.36. The van der Waals surface area contributed by atoms with Crippen LogP contribution in [0.15, 0.2) is 0 Å². The van der Waals surface area contributed by atoms with E-state index in [0.717, 1.165) is 3.94 Å². The van der Waals surface area contributed by atoms with E-state index < -0.39 is 5.50 Å². The molecule has 0 heterocycles. The highest BCUT2D eigenvalue weighted by molar-refractivity contribution is 6.38. The molecule has 1 unspecified atom stereocenters. The van der Waals surface area contributed by atoms with Gasteiger partial charge in [-0.1, -0.05) is 0 Å². The summed E-state index contributed by atoms with van der Waals surface area (Å²) in [5.41, 5.74) is 4.80. The van der Waals surface area contributed by atoms with E-state index in [4.69, 9.17) is 40.9 Å². The van der Waals surface area contributed by atoms with Gasteiger partial charge in [0.2, 0.25) is 0 Å².